The second kappa shape index (κ2) is 4.18. The first-order valence-electron chi connectivity index (χ1n) is 5.11. The maximum absolute atomic E-state index is 5.77. The van der Waals surface area contributed by atoms with Gasteiger partial charge in [-0.1, -0.05) is 43.0 Å². The molecule has 1 aromatic carbocycles. The number of fused-ring (bicyclic) bond motifs is 1. The summed E-state index contributed by atoms with van der Waals surface area (Å²) in [5.74, 6) is 0.990. The molecule has 1 nitrogen and oxygen atoms in total. The molecule has 0 atom stereocenters. The topological polar surface area (TPSA) is 13.1 Å². The third kappa shape index (κ3) is 1.73. The monoisotopic (exact) mass is 198 g/mol. The molecule has 0 aliphatic carbocycles. The van der Waals surface area contributed by atoms with Crippen molar-refractivity contribution in [2.75, 3.05) is 0 Å². The number of benzene rings is 1. The summed E-state index contributed by atoms with van der Waals surface area (Å²) in [6, 6.07) is 8.05. The lowest BCUT2D eigenvalue weighted by molar-refractivity contribution is 0.564. The van der Waals surface area contributed by atoms with Crippen molar-refractivity contribution in [3.8, 4) is 0 Å². The van der Waals surface area contributed by atoms with E-state index in [0.29, 0.717) is 0 Å². The molecular formula is C14H14O. The van der Waals surface area contributed by atoms with Gasteiger partial charge in [-0.3, -0.25) is 0 Å². The summed E-state index contributed by atoms with van der Waals surface area (Å²) in [5, 5.41) is 1.15. The molecule has 1 heteroatoms. The minimum absolute atomic E-state index is 0.826. The second-order valence-corrected chi connectivity index (χ2v) is 3.41. The van der Waals surface area contributed by atoms with E-state index in [1.54, 1.807) is 0 Å². The van der Waals surface area contributed by atoms with Gasteiger partial charge in [0, 0.05) is 17.4 Å². The lowest BCUT2D eigenvalue weighted by Gasteiger charge is -1.92. The van der Waals surface area contributed by atoms with Crippen LogP contribution in [-0.2, 0) is 6.42 Å². The number of allylic oxidation sites excluding steroid dienone is 2. The Balaban J connectivity index is 2.58. The molecule has 0 unspecified atom stereocenters. The number of hydrogen-bond donors (Lipinski definition) is 0. The first-order chi connectivity index (χ1) is 7.36. The fraction of sp³-hybridized carbons (Fsp3) is 0.143. The maximum atomic E-state index is 5.77. The largest absolute Gasteiger partial charge is 0.460 e. The first kappa shape index (κ1) is 9.78. The lowest BCUT2D eigenvalue weighted by Crippen LogP contribution is -1.79. The van der Waals surface area contributed by atoms with Gasteiger partial charge in [0.15, 0.2) is 0 Å². The summed E-state index contributed by atoms with van der Waals surface area (Å²) < 4.78 is 5.77. The van der Waals surface area contributed by atoms with Crippen molar-refractivity contribution in [2.45, 2.75) is 13.3 Å². The van der Waals surface area contributed by atoms with Crippen molar-refractivity contribution in [3.63, 3.8) is 0 Å². The zero-order valence-electron chi connectivity index (χ0n) is 8.86. The minimum atomic E-state index is 0.826. The standard InChI is InChI=1S/C14H14O/c1-3-5-9-13-11(4-2)12-8-6-7-10-14(12)15-13/h3-8,10H,2,9H2,1H3/b5-3-. The van der Waals surface area contributed by atoms with Crippen LogP contribution in [0.1, 0.15) is 18.2 Å². The SMILES string of the molecule is C=Cc1c(C/C=C\C)oc2ccccc12. The summed E-state index contributed by atoms with van der Waals surface area (Å²) in [6.45, 7) is 5.85. The molecule has 0 spiro atoms. The maximum Gasteiger partial charge on any atom is 0.134 e. The molecule has 0 saturated heterocycles. The highest BCUT2D eigenvalue weighted by molar-refractivity contribution is 5.88. The van der Waals surface area contributed by atoms with Gasteiger partial charge < -0.3 is 4.42 Å². The molecule has 0 aliphatic rings. The van der Waals surface area contributed by atoms with Gasteiger partial charge in [0.25, 0.3) is 0 Å². The zero-order chi connectivity index (χ0) is 10.7. The molecular weight excluding hydrogens is 184 g/mol. The van der Waals surface area contributed by atoms with Gasteiger partial charge in [-0.05, 0) is 13.0 Å². The predicted octanol–water partition coefficient (Wildman–Crippen LogP) is 4.19. The average Bonchev–Trinajstić information content (AvgIpc) is 2.63. The Hall–Kier alpha value is -1.76. The van der Waals surface area contributed by atoms with Gasteiger partial charge in [0.1, 0.15) is 11.3 Å². The van der Waals surface area contributed by atoms with Crippen molar-refractivity contribution in [1.29, 1.82) is 0 Å². The number of hydrogen-bond acceptors (Lipinski definition) is 1. The van der Waals surface area contributed by atoms with E-state index in [-0.39, 0.29) is 0 Å². The van der Waals surface area contributed by atoms with E-state index in [2.05, 4.69) is 18.7 Å². The van der Waals surface area contributed by atoms with E-state index in [1.165, 1.54) is 0 Å². The van der Waals surface area contributed by atoms with E-state index in [4.69, 9.17) is 4.42 Å². The molecule has 0 N–H and O–H groups in total. The van der Waals surface area contributed by atoms with Crippen LogP contribution in [0.15, 0.2) is 47.4 Å². The molecule has 0 aliphatic heterocycles. The summed E-state index contributed by atoms with van der Waals surface area (Å²) in [5.41, 5.74) is 2.05. The third-order valence-electron chi connectivity index (χ3n) is 2.45. The fourth-order valence-electron chi connectivity index (χ4n) is 1.72. The Bertz CT molecular complexity index is 503. The van der Waals surface area contributed by atoms with Crippen LogP contribution < -0.4 is 0 Å². The van der Waals surface area contributed by atoms with Crippen molar-refractivity contribution in [3.05, 3.63) is 54.3 Å². The molecule has 0 bridgehead atoms. The molecule has 0 amide bonds. The first-order valence-corrected chi connectivity index (χ1v) is 5.11. The van der Waals surface area contributed by atoms with E-state index in [9.17, 15) is 0 Å². The highest BCUT2D eigenvalue weighted by Gasteiger charge is 2.08. The number of para-hydroxylation sites is 1. The zero-order valence-corrected chi connectivity index (χ0v) is 8.86. The summed E-state index contributed by atoms with van der Waals surface area (Å²) in [7, 11) is 0. The third-order valence-corrected chi connectivity index (χ3v) is 2.45. The molecule has 0 fully saturated rings. The fourth-order valence-corrected chi connectivity index (χ4v) is 1.72. The van der Waals surface area contributed by atoms with E-state index in [0.717, 1.165) is 28.7 Å². The second-order valence-electron chi connectivity index (χ2n) is 3.41. The van der Waals surface area contributed by atoms with Crippen LogP contribution in [0.25, 0.3) is 17.0 Å². The van der Waals surface area contributed by atoms with Crippen LogP contribution in [0.4, 0.5) is 0 Å². The van der Waals surface area contributed by atoms with Crippen molar-refractivity contribution < 1.29 is 4.42 Å². The highest BCUT2D eigenvalue weighted by atomic mass is 16.3. The van der Waals surface area contributed by atoms with Crippen LogP contribution in [-0.4, -0.2) is 0 Å². The van der Waals surface area contributed by atoms with Crippen LogP contribution in [0.5, 0.6) is 0 Å². The quantitative estimate of drug-likeness (QED) is 0.674. The molecule has 76 valence electrons. The molecule has 1 aromatic heterocycles. The van der Waals surface area contributed by atoms with Crippen LogP contribution >= 0.6 is 0 Å². The normalized spacial score (nSPS) is 11.3. The Labute approximate surface area is 89.7 Å². The van der Waals surface area contributed by atoms with Crippen LogP contribution in [0, 0.1) is 0 Å². The summed E-state index contributed by atoms with van der Waals surface area (Å²) in [4.78, 5) is 0. The summed E-state index contributed by atoms with van der Waals surface area (Å²) in [6.07, 6.45) is 6.81. The molecule has 2 rings (SSSR count). The van der Waals surface area contributed by atoms with E-state index >= 15 is 0 Å². The summed E-state index contributed by atoms with van der Waals surface area (Å²) >= 11 is 0. The van der Waals surface area contributed by atoms with Gasteiger partial charge in [-0.15, -0.1) is 0 Å². The predicted molar refractivity (Wildman–Crippen MR) is 64.8 cm³/mol. The smallest absolute Gasteiger partial charge is 0.134 e. The van der Waals surface area contributed by atoms with Gasteiger partial charge in [-0.25, -0.2) is 0 Å². The Morgan fingerprint density at radius 1 is 1.33 bits per heavy atom. The Morgan fingerprint density at radius 3 is 2.87 bits per heavy atom. The lowest BCUT2D eigenvalue weighted by atomic mass is 10.1. The molecule has 0 radical (unpaired) electrons. The van der Waals surface area contributed by atoms with Crippen LogP contribution in [0.3, 0.4) is 0 Å². The number of furan rings is 1. The molecule has 1 heterocycles. The Kier molecular flexibility index (Phi) is 2.72. The van der Waals surface area contributed by atoms with Crippen molar-refractivity contribution >= 4 is 17.0 Å². The van der Waals surface area contributed by atoms with Crippen molar-refractivity contribution in [1.82, 2.24) is 0 Å². The van der Waals surface area contributed by atoms with Gasteiger partial charge >= 0.3 is 0 Å². The minimum Gasteiger partial charge on any atom is -0.460 e. The molecule has 15 heavy (non-hydrogen) atoms. The van der Waals surface area contributed by atoms with Gasteiger partial charge in [0.2, 0.25) is 0 Å². The molecule has 2 aromatic rings. The highest BCUT2D eigenvalue weighted by Crippen LogP contribution is 2.27. The average molecular weight is 198 g/mol. The van der Waals surface area contributed by atoms with E-state index < -0.39 is 0 Å². The molecule has 0 saturated carbocycles. The van der Waals surface area contributed by atoms with Gasteiger partial charge in [-0.2, -0.15) is 0 Å². The number of rotatable bonds is 3. The van der Waals surface area contributed by atoms with E-state index in [1.807, 2.05) is 37.3 Å². The van der Waals surface area contributed by atoms with Crippen LogP contribution in [0.2, 0.25) is 0 Å². The Morgan fingerprint density at radius 2 is 2.13 bits per heavy atom. The van der Waals surface area contributed by atoms with Gasteiger partial charge in [0.05, 0.1) is 0 Å². The van der Waals surface area contributed by atoms with Crippen molar-refractivity contribution in [2.24, 2.45) is 0 Å².